The van der Waals surface area contributed by atoms with Crippen molar-refractivity contribution in [3.63, 3.8) is 0 Å². The molecule has 0 bridgehead atoms. The maximum Gasteiger partial charge on any atom is 0.425 e. The quantitative estimate of drug-likeness (QED) is 0.482. The van der Waals surface area contributed by atoms with Crippen LogP contribution >= 0.6 is 11.6 Å². The Morgan fingerprint density at radius 2 is 1.83 bits per heavy atom. The number of ether oxygens (including phenoxy) is 1. The molecular weight excluding hydrogens is 419 g/mol. The van der Waals surface area contributed by atoms with Crippen molar-refractivity contribution in [2.45, 2.75) is 39.0 Å². The highest BCUT2D eigenvalue weighted by Gasteiger charge is 2.39. The monoisotopic (exact) mass is 437 g/mol. The molecule has 0 saturated carbocycles. The highest BCUT2D eigenvalue weighted by molar-refractivity contribution is 6.31. The number of aromatic nitrogens is 1. The molecule has 0 aliphatic carbocycles. The minimum atomic E-state index is -4.68. The molecule has 2 aromatic carbocycles. The smallest absolute Gasteiger partial charge is 0.425 e. The number of pyridine rings is 1. The zero-order valence-corrected chi connectivity index (χ0v) is 17.2. The Morgan fingerprint density at radius 1 is 1.13 bits per heavy atom. The number of halogens is 4. The largest absolute Gasteiger partial charge is 0.477 e. The summed E-state index contributed by atoms with van der Waals surface area (Å²) in [5.41, 5.74) is 1.52. The minimum Gasteiger partial charge on any atom is -0.477 e. The van der Waals surface area contributed by atoms with Crippen molar-refractivity contribution in [3.8, 4) is 17.0 Å². The molecule has 8 heteroatoms. The lowest BCUT2D eigenvalue weighted by Crippen LogP contribution is -2.32. The molecule has 0 aliphatic heterocycles. The maximum absolute atomic E-state index is 13.1. The van der Waals surface area contributed by atoms with E-state index in [-0.39, 0.29) is 17.0 Å². The fourth-order valence-electron chi connectivity index (χ4n) is 3.08. The van der Waals surface area contributed by atoms with E-state index in [4.69, 9.17) is 16.3 Å². The predicted molar refractivity (Wildman–Crippen MR) is 109 cm³/mol. The summed E-state index contributed by atoms with van der Waals surface area (Å²) < 4.78 is 44.2. The van der Waals surface area contributed by atoms with Gasteiger partial charge in [-0.05, 0) is 42.2 Å². The Labute approximate surface area is 176 Å². The van der Waals surface area contributed by atoms with Crippen molar-refractivity contribution in [2.75, 3.05) is 0 Å². The van der Waals surface area contributed by atoms with Crippen molar-refractivity contribution < 1.29 is 27.8 Å². The van der Waals surface area contributed by atoms with E-state index in [0.717, 1.165) is 12.5 Å². The number of carboxylic acids is 1. The van der Waals surface area contributed by atoms with Gasteiger partial charge >= 0.3 is 12.1 Å². The molecule has 3 rings (SSSR count). The zero-order chi connectivity index (χ0) is 22.2. The molecule has 0 aliphatic rings. The first-order valence-corrected chi connectivity index (χ1v) is 9.57. The predicted octanol–water partition coefficient (Wildman–Crippen LogP) is 6.71. The van der Waals surface area contributed by atoms with Gasteiger partial charge in [-0.3, -0.25) is 0 Å². The number of carboxylic acid groups (broad SMARTS) is 1. The fraction of sp³-hybridized carbons (Fsp3) is 0.273. The molecule has 158 valence electrons. The van der Waals surface area contributed by atoms with Crippen LogP contribution in [0.2, 0.25) is 5.02 Å². The van der Waals surface area contributed by atoms with E-state index in [9.17, 15) is 23.1 Å². The Hall–Kier alpha value is -2.80. The average Bonchev–Trinajstić information content (AvgIpc) is 2.66. The van der Waals surface area contributed by atoms with E-state index in [0.29, 0.717) is 16.0 Å². The van der Waals surface area contributed by atoms with E-state index >= 15 is 0 Å². The van der Waals surface area contributed by atoms with Gasteiger partial charge in [-0.25, -0.2) is 9.78 Å². The molecule has 0 spiro atoms. The topological polar surface area (TPSA) is 59.4 Å². The average molecular weight is 438 g/mol. The lowest BCUT2D eigenvalue weighted by atomic mass is 9.92. The Kier molecular flexibility index (Phi) is 5.94. The summed E-state index contributed by atoms with van der Waals surface area (Å²) in [7, 11) is 0. The van der Waals surface area contributed by atoms with Gasteiger partial charge in [0.1, 0.15) is 5.56 Å². The van der Waals surface area contributed by atoms with Gasteiger partial charge in [0.2, 0.25) is 5.88 Å². The van der Waals surface area contributed by atoms with Crippen molar-refractivity contribution in [1.29, 1.82) is 0 Å². The molecule has 0 saturated heterocycles. The van der Waals surface area contributed by atoms with Crippen LogP contribution < -0.4 is 4.74 Å². The number of aromatic carboxylic acids is 1. The van der Waals surface area contributed by atoms with E-state index in [1.807, 2.05) is 26.0 Å². The first-order chi connectivity index (χ1) is 14.0. The van der Waals surface area contributed by atoms with Crippen LogP contribution in [0.25, 0.3) is 22.0 Å². The summed E-state index contributed by atoms with van der Waals surface area (Å²) in [5.74, 6) is -1.87. The van der Waals surface area contributed by atoms with Gasteiger partial charge in [0.25, 0.3) is 0 Å². The van der Waals surface area contributed by atoms with Crippen molar-refractivity contribution in [3.05, 3.63) is 58.6 Å². The third-order valence-corrected chi connectivity index (χ3v) is 4.95. The Balaban J connectivity index is 2.37. The second-order valence-corrected chi connectivity index (χ2v) is 7.65. The fourth-order valence-corrected chi connectivity index (χ4v) is 3.26. The first kappa shape index (κ1) is 21.9. The molecule has 1 atom stereocenters. The number of fused-ring (bicyclic) bond motifs is 1. The summed E-state index contributed by atoms with van der Waals surface area (Å²) >= 11 is 6.12. The van der Waals surface area contributed by atoms with Gasteiger partial charge < -0.3 is 9.84 Å². The number of hydrogen-bond acceptors (Lipinski definition) is 3. The van der Waals surface area contributed by atoms with E-state index in [1.165, 1.54) is 12.1 Å². The van der Waals surface area contributed by atoms with Crippen molar-refractivity contribution >= 4 is 28.5 Å². The van der Waals surface area contributed by atoms with E-state index in [1.54, 1.807) is 18.2 Å². The Morgan fingerprint density at radius 3 is 2.43 bits per heavy atom. The summed E-state index contributed by atoms with van der Waals surface area (Å²) in [4.78, 5) is 16.2. The van der Waals surface area contributed by atoms with Gasteiger partial charge in [0.15, 0.2) is 6.10 Å². The third-order valence-electron chi connectivity index (χ3n) is 4.72. The molecule has 1 aromatic heterocycles. The SMILES string of the molecule is CC(C)c1cccc(-c2c(C(=O)O)c(OC(C)C(F)(F)F)nc3ccc(Cl)cc23)c1. The van der Waals surface area contributed by atoms with Gasteiger partial charge in [0, 0.05) is 16.0 Å². The van der Waals surface area contributed by atoms with Crippen LogP contribution in [0.15, 0.2) is 42.5 Å². The highest BCUT2D eigenvalue weighted by Crippen LogP contribution is 2.39. The highest BCUT2D eigenvalue weighted by atomic mass is 35.5. The van der Waals surface area contributed by atoms with Gasteiger partial charge in [-0.2, -0.15) is 13.2 Å². The van der Waals surface area contributed by atoms with Crippen LogP contribution in [0.3, 0.4) is 0 Å². The van der Waals surface area contributed by atoms with Crippen LogP contribution in [0.1, 0.15) is 42.6 Å². The molecule has 30 heavy (non-hydrogen) atoms. The summed E-state index contributed by atoms with van der Waals surface area (Å²) in [6, 6.07) is 11.8. The molecule has 1 N–H and O–H groups in total. The van der Waals surface area contributed by atoms with Crippen LogP contribution in [0.5, 0.6) is 5.88 Å². The molecule has 3 aromatic rings. The second kappa shape index (κ2) is 8.14. The van der Waals surface area contributed by atoms with Crippen LogP contribution in [0, 0.1) is 0 Å². The molecule has 0 fully saturated rings. The van der Waals surface area contributed by atoms with Crippen LogP contribution in [-0.2, 0) is 0 Å². The molecular formula is C22H19ClF3NO3. The third kappa shape index (κ3) is 4.36. The standard InChI is InChI=1S/C22H19ClF3NO3/c1-11(2)13-5-4-6-14(9-13)18-16-10-15(23)7-8-17(16)27-20(19(18)21(28)29)30-12(3)22(24,25)26/h4-12H,1-3H3,(H,28,29). The summed E-state index contributed by atoms with van der Waals surface area (Å²) in [5, 5.41) is 10.7. The summed E-state index contributed by atoms with van der Waals surface area (Å²) in [6.45, 7) is 4.77. The summed E-state index contributed by atoms with van der Waals surface area (Å²) in [6.07, 6.45) is -6.91. The number of carbonyl (C=O) groups is 1. The lowest BCUT2D eigenvalue weighted by molar-refractivity contribution is -0.190. The van der Waals surface area contributed by atoms with Gasteiger partial charge in [-0.15, -0.1) is 0 Å². The van der Waals surface area contributed by atoms with Crippen LogP contribution in [0.4, 0.5) is 13.2 Å². The number of nitrogens with zero attached hydrogens (tertiary/aromatic N) is 1. The van der Waals surface area contributed by atoms with Crippen molar-refractivity contribution in [2.24, 2.45) is 0 Å². The Bertz CT molecular complexity index is 1110. The van der Waals surface area contributed by atoms with Crippen LogP contribution in [-0.4, -0.2) is 28.3 Å². The first-order valence-electron chi connectivity index (χ1n) is 9.19. The molecule has 0 amide bonds. The normalized spacial score (nSPS) is 12.9. The lowest BCUT2D eigenvalue weighted by Gasteiger charge is -2.21. The number of hydrogen-bond donors (Lipinski definition) is 1. The minimum absolute atomic E-state index is 0.163. The van der Waals surface area contributed by atoms with E-state index in [2.05, 4.69) is 4.98 Å². The number of benzene rings is 2. The number of rotatable bonds is 5. The van der Waals surface area contributed by atoms with Gasteiger partial charge in [-0.1, -0.05) is 49.7 Å². The molecule has 1 unspecified atom stereocenters. The molecule has 4 nitrogen and oxygen atoms in total. The molecule has 1 heterocycles. The van der Waals surface area contributed by atoms with Crippen molar-refractivity contribution in [1.82, 2.24) is 4.98 Å². The zero-order valence-electron chi connectivity index (χ0n) is 16.4. The maximum atomic E-state index is 13.1. The van der Waals surface area contributed by atoms with E-state index < -0.39 is 29.7 Å². The molecule has 0 radical (unpaired) electrons. The second-order valence-electron chi connectivity index (χ2n) is 7.22. The number of alkyl halides is 3. The van der Waals surface area contributed by atoms with Gasteiger partial charge in [0.05, 0.1) is 5.52 Å².